The summed E-state index contributed by atoms with van der Waals surface area (Å²) in [7, 11) is 1.29. The monoisotopic (exact) mass is 309 g/mol. The van der Waals surface area contributed by atoms with Gasteiger partial charge in [-0.15, -0.1) is 0 Å². The second-order valence-electron chi connectivity index (χ2n) is 4.50. The molecule has 1 heterocycles. The molecule has 1 saturated heterocycles. The predicted molar refractivity (Wildman–Crippen MR) is 78.8 cm³/mol. The van der Waals surface area contributed by atoms with Crippen molar-refractivity contribution in [3.63, 3.8) is 0 Å². The van der Waals surface area contributed by atoms with Crippen LogP contribution < -0.4 is 0 Å². The summed E-state index contributed by atoms with van der Waals surface area (Å²) in [5.74, 6) is -0.747. The number of rotatable bonds is 3. The lowest BCUT2D eigenvalue weighted by molar-refractivity contribution is -0.158. The fraction of sp³-hybridized carbons (Fsp3) is 0.333. The van der Waals surface area contributed by atoms with Gasteiger partial charge in [0, 0.05) is 17.6 Å². The Labute approximate surface area is 128 Å². The van der Waals surface area contributed by atoms with Crippen molar-refractivity contribution in [1.82, 2.24) is 4.90 Å². The van der Waals surface area contributed by atoms with Crippen LogP contribution in [0.2, 0.25) is 5.02 Å². The molecule has 0 aromatic heterocycles. The van der Waals surface area contributed by atoms with Gasteiger partial charge in [-0.25, -0.2) is 4.79 Å². The highest BCUT2D eigenvalue weighted by Crippen LogP contribution is 2.17. The number of ether oxygens (including phenoxy) is 2. The molecule has 1 aliphatic rings. The van der Waals surface area contributed by atoms with E-state index in [-0.39, 0.29) is 12.5 Å². The summed E-state index contributed by atoms with van der Waals surface area (Å²) in [6.07, 6.45) is 3.04. The molecule has 1 aliphatic heterocycles. The van der Waals surface area contributed by atoms with Gasteiger partial charge in [-0.2, -0.15) is 0 Å². The Morgan fingerprint density at radius 2 is 2.19 bits per heavy atom. The van der Waals surface area contributed by atoms with E-state index in [0.717, 1.165) is 5.56 Å². The molecule has 112 valence electrons. The zero-order valence-electron chi connectivity index (χ0n) is 11.6. The number of esters is 1. The molecule has 1 unspecified atom stereocenters. The lowest BCUT2D eigenvalue weighted by atomic mass is 10.2. The number of hydrogen-bond donors (Lipinski definition) is 0. The number of benzene rings is 1. The van der Waals surface area contributed by atoms with Crippen LogP contribution in [0.15, 0.2) is 30.3 Å². The number of amides is 1. The van der Waals surface area contributed by atoms with Crippen LogP contribution in [0.4, 0.5) is 0 Å². The van der Waals surface area contributed by atoms with E-state index < -0.39 is 12.0 Å². The molecule has 0 aliphatic carbocycles. The fourth-order valence-electron chi connectivity index (χ4n) is 2.07. The van der Waals surface area contributed by atoms with E-state index in [1.807, 2.05) is 18.2 Å². The minimum Gasteiger partial charge on any atom is -0.467 e. The van der Waals surface area contributed by atoms with Gasteiger partial charge in [0.2, 0.25) is 5.91 Å². The third-order valence-electron chi connectivity index (χ3n) is 3.20. The number of morpholine rings is 1. The molecule has 1 aromatic carbocycles. The summed E-state index contributed by atoms with van der Waals surface area (Å²) in [5.41, 5.74) is 0.746. The van der Waals surface area contributed by atoms with Gasteiger partial charge in [-0.1, -0.05) is 29.8 Å². The van der Waals surface area contributed by atoms with Crippen molar-refractivity contribution in [2.24, 2.45) is 0 Å². The number of methoxy groups -OCH3 is 1. The standard InChI is InChI=1S/C15H16ClNO4/c1-20-15(19)13-10-21-9-8-17(13)14(18)7-6-11-4-2-3-5-12(11)16/h2-7,13H,8-10H2,1H3/b7-6+. The number of nitrogens with zero attached hydrogens (tertiary/aromatic N) is 1. The predicted octanol–water partition coefficient (Wildman–Crippen LogP) is 1.75. The Morgan fingerprint density at radius 3 is 2.90 bits per heavy atom. The molecule has 6 heteroatoms. The summed E-state index contributed by atoms with van der Waals surface area (Å²) < 4.78 is 9.92. The van der Waals surface area contributed by atoms with Crippen molar-refractivity contribution in [1.29, 1.82) is 0 Å². The van der Waals surface area contributed by atoms with Crippen molar-refractivity contribution >= 4 is 29.6 Å². The highest BCUT2D eigenvalue weighted by molar-refractivity contribution is 6.32. The molecule has 1 atom stereocenters. The minimum absolute atomic E-state index is 0.151. The van der Waals surface area contributed by atoms with E-state index in [1.165, 1.54) is 18.1 Å². The summed E-state index contributed by atoms with van der Waals surface area (Å²) in [5, 5.41) is 0.563. The Bertz CT molecular complexity index is 558. The zero-order valence-corrected chi connectivity index (χ0v) is 12.4. The lowest BCUT2D eigenvalue weighted by Crippen LogP contribution is -2.52. The van der Waals surface area contributed by atoms with E-state index in [0.29, 0.717) is 18.2 Å². The largest absolute Gasteiger partial charge is 0.467 e. The molecule has 2 rings (SSSR count). The average Bonchev–Trinajstić information content (AvgIpc) is 2.53. The van der Waals surface area contributed by atoms with E-state index in [2.05, 4.69) is 0 Å². The average molecular weight is 310 g/mol. The number of hydrogen-bond acceptors (Lipinski definition) is 4. The number of carbonyl (C=O) groups is 2. The first-order valence-electron chi connectivity index (χ1n) is 6.52. The van der Waals surface area contributed by atoms with Crippen LogP contribution in [0.1, 0.15) is 5.56 Å². The van der Waals surface area contributed by atoms with E-state index in [9.17, 15) is 9.59 Å². The van der Waals surface area contributed by atoms with Crippen molar-refractivity contribution < 1.29 is 19.1 Å². The van der Waals surface area contributed by atoms with Gasteiger partial charge >= 0.3 is 5.97 Å². The lowest BCUT2D eigenvalue weighted by Gasteiger charge is -2.32. The number of carbonyl (C=O) groups excluding carboxylic acids is 2. The second-order valence-corrected chi connectivity index (χ2v) is 4.91. The van der Waals surface area contributed by atoms with Gasteiger partial charge in [-0.3, -0.25) is 4.79 Å². The van der Waals surface area contributed by atoms with E-state index >= 15 is 0 Å². The first kappa shape index (κ1) is 15.5. The Kier molecular flexibility index (Phi) is 5.36. The maximum Gasteiger partial charge on any atom is 0.331 e. The molecule has 1 aromatic rings. The molecule has 0 saturated carbocycles. The minimum atomic E-state index is -0.702. The molecular weight excluding hydrogens is 294 g/mol. The Balaban J connectivity index is 2.11. The summed E-state index contributed by atoms with van der Waals surface area (Å²) in [6, 6.07) is 6.51. The normalized spacial score (nSPS) is 18.8. The topological polar surface area (TPSA) is 55.8 Å². The van der Waals surface area contributed by atoms with Crippen LogP contribution in [0.5, 0.6) is 0 Å². The van der Waals surface area contributed by atoms with Crippen molar-refractivity contribution in [3.8, 4) is 0 Å². The Hall–Kier alpha value is -1.85. The van der Waals surface area contributed by atoms with Crippen LogP contribution in [0.25, 0.3) is 6.08 Å². The second kappa shape index (κ2) is 7.24. The SMILES string of the molecule is COC(=O)C1COCCN1C(=O)/C=C/c1ccccc1Cl. The zero-order chi connectivity index (χ0) is 15.2. The molecule has 0 N–H and O–H groups in total. The van der Waals surface area contributed by atoms with Gasteiger partial charge in [-0.05, 0) is 17.7 Å². The first-order valence-corrected chi connectivity index (χ1v) is 6.90. The van der Waals surface area contributed by atoms with Crippen molar-refractivity contribution in [3.05, 3.63) is 40.9 Å². The van der Waals surface area contributed by atoms with Crippen LogP contribution >= 0.6 is 11.6 Å². The van der Waals surface area contributed by atoms with E-state index in [4.69, 9.17) is 21.1 Å². The molecule has 1 fully saturated rings. The fourth-order valence-corrected chi connectivity index (χ4v) is 2.26. The smallest absolute Gasteiger partial charge is 0.331 e. The van der Waals surface area contributed by atoms with Crippen molar-refractivity contribution in [2.75, 3.05) is 26.9 Å². The highest BCUT2D eigenvalue weighted by atomic mass is 35.5. The quantitative estimate of drug-likeness (QED) is 0.630. The Morgan fingerprint density at radius 1 is 1.43 bits per heavy atom. The molecule has 0 radical (unpaired) electrons. The van der Waals surface area contributed by atoms with Gasteiger partial charge in [0.05, 0.1) is 20.3 Å². The maximum atomic E-state index is 12.2. The van der Waals surface area contributed by atoms with E-state index in [1.54, 1.807) is 12.1 Å². The molecule has 0 bridgehead atoms. The molecule has 1 amide bonds. The molecule has 5 nitrogen and oxygen atoms in total. The molecule has 21 heavy (non-hydrogen) atoms. The third-order valence-corrected chi connectivity index (χ3v) is 3.54. The van der Waals surface area contributed by atoms with Crippen molar-refractivity contribution in [2.45, 2.75) is 6.04 Å². The summed E-state index contributed by atoms with van der Waals surface area (Å²) >= 11 is 6.02. The van der Waals surface area contributed by atoms with Crippen LogP contribution in [-0.4, -0.2) is 49.7 Å². The summed E-state index contributed by atoms with van der Waals surface area (Å²) in [4.78, 5) is 25.4. The third kappa shape index (κ3) is 3.83. The number of halogens is 1. The van der Waals surface area contributed by atoms with Crippen LogP contribution in [-0.2, 0) is 19.1 Å². The van der Waals surface area contributed by atoms with Gasteiger partial charge in [0.1, 0.15) is 0 Å². The van der Waals surface area contributed by atoms with Gasteiger partial charge in [0.15, 0.2) is 6.04 Å². The van der Waals surface area contributed by atoms with Crippen LogP contribution in [0, 0.1) is 0 Å². The van der Waals surface area contributed by atoms with Crippen LogP contribution in [0.3, 0.4) is 0 Å². The first-order chi connectivity index (χ1) is 10.1. The molecular formula is C15H16ClNO4. The highest BCUT2D eigenvalue weighted by Gasteiger charge is 2.32. The maximum absolute atomic E-state index is 12.2. The molecule has 0 spiro atoms. The van der Waals surface area contributed by atoms with Gasteiger partial charge in [0.25, 0.3) is 0 Å². The summed E-state index contributed by atoms with van der Waals surface area (Å²) in [6.45, 7) is 0.906. The van der Waals surface area contributed by atoms with Gasteiger partial charge < -0.3 is 14.4 Å².